The molecule has 0 saturated heterocycles. The Labute approximate surface area is 174 Å². The number of aromatic nitrogens is 1. The molecule has 0 spiro atoms. The van der Waals surface area contributed by atoms with Crippen molar-refractivity contribution in [2.75, 3.05) is 6.61 Å². The number of para-hydroxylation sites is 1. The van der Waals surface area contributed by atoms with E-state index in [2.05, 4.69) is 4.98 Å². The van der Waals surface area contributed by atoms with E-state index in [0.717, 1.165) is 22.0 Å². The Hall–Kier alpha value is -4.05. The Morgan fingerprint density at radius 1 is 0.967 bits per heavy atom. The smallest absolute Gasteiger partial charge is 0.231 e. The number of hydrogen-bond donors (Lipinski definition) is 1. The highest BCUT2D eigenvalue weighted by molar-refractivity contribution is 6.15. The average Bonchev–Trinajstić information content (AvgIpc) is 3.33. The largest absolute Gasteiger partial charge is 0.489 e. The Morgan fingerprint density at radius 3 is 2.70 bits per heavy atom. The van der Waals surface area contributed by atoms with Crippen molar-refractivity contribution < 1.29 is 14.3 Å². The number of Topliss-reactive ketones (excluding diaryl/α,β-unsaturated/α-hetero) is 1. The lowest BCUT2D eigenvalue weighted by atomic mass is 10.1. The highest BCUT2D eigenvalue weighted by atomic mass is 16.5. The molecule has 2 heterocycles. The van der Waals surface area contributed by atoms with E-state index in [1.807, 2.05) is 72.9 Å². The SMILES string of the molecule is O=C1/C(=C\c2c[nH]c3ccccc23)Oc2cc(OC/C=C/c3ccccc3)ccc21. The van der Waals surface area contributed by atoms with Gasteiger partial charge < -0.3 is 14.5 Å². The number of H-pyrrole nitrogens is 1. The van der Waals surface area contributed by atoms with Crippen LogP contribution in [0.3, 0.4) is 0 Å². The zero-order chi connectivity index (χ0) is 20.3. The Kier molecular flexibility index (Phi) is 4.66. The summed E-state index contributed by atoms with van der Waals surface area (Å²) < 4.78 is 11.6. The molecule has 4 heteroatoms. The van der Waals surface area contributed by atoms with Crippen LogP contribution >= 0.6 is 0 Å². The Morgan fingerprint density at radius 2 is 1.80 bits per heavy atom. The van der Waals surface area contributed by atoms with Crippen molar-refractivity contribution in [3.05, 3.63) is 108 Å². The summed E-state index contributed by atoms with van der Waals surface area (Å²) >= 11 is 0. The van der Waals surface area contributed by atoms with Gasteiger partial charge in [-0.05, 0) is 35.9 Å². The number of carbonyl (C=O) groups is 1. The normalized spacial score (nSPS) is 14.4. The summed E-state index contributed by atoms with van der Waals surface area (Å²) in [6.07, 6.45) is 7.63. The summed E-state index contributed by atoms with van der Waals surface area (Å²) in [5.41, 5.74) is 3.61. The highest BCUT2D eigenvalue weighted by Gasteiger charge is 2.28. The van der Waals surface area contributed by atoms with E-state index in [0.29, 0.717) is 29.4 Å². The van der Waals surface area contributed by atoms with Crippen molar-refractivity contribution in [1.29, 1.82) is 0 Å². The van der Waals surface area contributed by atoms with Crippen LogP contribution in [0.4, 0.5) is 0 Å². The van der Waals surface area contributed by atoms with Crippen LogP contribution in [0.5, 0.6) is 11.5 Å². The van der Waals surface area contributed by atoms with Crippen molar-refractivity contribution in [1.82, 2.24) is 4.98 Å². The predicted molar refractivity (Wildman–Crippen MR) is 119 cm³/mol. The quantitative estimate of drug-likeness (QED) is 0.431. The molecule has 0 unspecified atom stereocenters. The molecule has 1 aromatic heterocycles. The summed E-state index contributed by atoms with van der Waals surface area (Å²) in [7, 11) is 0. The number of hydrogen-bond acceptors (Lipinski definition) is 3. The first kappa shape index (κ1) is 18.0. The van der Waals surface area contributed by atoms with Crippen LogP contribution in [0.25, 0.3) is 23.1 Å². The molecule has 1 aliphatic rings. The van der Waals surface area contributed by atoms with Gasteiger partial charge in [0.15, 0.2) is 5.76 Å². The van der Waals surface area contributed by atoms with Crippen LogP contribution in [-0.2, 0) is 0 Å². The van der Waals surface area contributed by atoms with Gasteiger partial charge in [0.1, 0.15) is 18.1 Å². The standard InChI is InChI=1S/C26H19NO3/c28-26-22-13-12-20(29-14-6-9-18-7-2-1-3-8-18)16-24(22)30-25(26)15-19-17-27-23-11-5-4-10-21(19)23/h1-13,15-17,27H,14H2/b9-6+,25-15+. The summed E-state index contributed by atoms with van der Waals surface area (Å²) in [6.45, 7) is 0.430. The molecule has 0 atom stereocenters. The first-order valence-electron chi connectivity index (χ1n) is 9.77. The fraction of sp³-hybridized carbons (Fsp3) is 0.0385. The second-order valence-corrected chi connectivity index (χ2v) is 7.01. The molecule has 0 amide bonds. The summed E-state index contributed by atoms with van der Waals surface area (Å²) in [4.78, 5) is 15.9. The van der Waals surface area contributed by atoms with Gasteiger partial charge in [0, 0.05) is 28.7 Å². The number of nitrogens with one attached hydrogen (secondary N) is 1. The van der Waals surface area contributed by atoms with E-state index in [1.54, 1.807) is 24.3 Å². The summed E-state index contributed by atoms with van der Waals surface area (Å²) in [5.74, 6) is 1.38. The number of benzene rings is 3. The summed E-state index contributed by atoms with van der Waals surface area (Å²) in [5, 5.41) is 1.05. The lowest BCUT2D eigenvalue weighted by molar-refractivity contribution is 0.101. The van der Waals surface area contributed by atoms with Crippen LogP contribution in [0.1, 0.15) is 21.5 Å². The number of allylic oxidation sites excluding steroid dienone is 1. The minimum atomic E-state index is -0.120. The predicted octanol–water partition coefficient (Wildman–Crippen LogP) is 5.88. The first-order chi connectivity index (χ1) is 14.8. The molecule has 0 aliphatic carbocycles. The molecule has 3 aromatic carbocycles. The topological polar surface area (TPSA) is 51.3 Å². The number of fused-ring (bicyclic) bond motifs is 2. The molecule has 4 nitrogen and oxygen atoms in total. The maximum atomic E-state index is 12.7. The molecule has 30 heavy (non-hydrogen) atoms. The van der Waals surface area contributed by atoms with Crippen molar-refractivity contribution in [2.24, 2.45) is 0 Å². The van der Waals surface area contributed by atoms with Gasteiger partial charge in [0.2, 0.25) is 5.78 Å². The van der Waals surface area contributed by atoms with E-state index < -0.39 is 0 Å². The molecule has 0 radical (unpaired) electrons. The third-order valence-electron chi connectivity index (χ3n) is 5.01. The number of rotatable bonds is 5. The van der Waals surface area contributed by atoms with E-state index in [4.69, 9.17) is 9.47 Å². The number of aromatic amines is 1. The van der Waals surface area contributed by atoms with Crippen molar-refractivity contribution in [2.45, 2.75) is 0 Å². The van der Waals surface area contributed by atoms with Gasteiger partial charge in [-0.2, -0.15) is 0 Å². The van der Waals surface area contributed by atoms with Crippen LogP contribution < -0.4 is 9.47 Å². The molecule has 1 aliphatic heterocycles. The molecular weight excluding hydrogens is 374 g/mol. The molecule has 5 rings (SSSR count). The van der Waals surface area contributed by atoms with Gasteiger partial charge in [0.25, 0.3) is 0 Å². The minimum Gasteiger partial charge on any atom is -0.489 e. The van der Waals surface area contributed by atoms with Crippen molar-refractivity contribution in [3.63, 3.8) is 0 Å². The minimum absolute atomic E-state index is 0.120. The lowest BCUT2D eigenvalue weighted by Gasteiger charge is -2.04. The third kappa shape index (κ3) is 3.51. The monoisotopic (exact) mass is 393 g/mol. The second-order valence-electron chi connectivity index (χ2n) is 7.01. The average molecular weight is 393 g/mol. The van der Waals surface area contributed by atoms with Crippen LogP contribution in [0.2, 0.25) is 0 Å². The molecule has 1 N–H and O–H groups in total. The zero-order valence-electron chi connectivity index (χ0n) is 16.2. The van der Waals surface area contributed by atoms with Crippen LogP contribution in [-0.4, -0.2) is 17.4 Å². The second kappa shape index (κ2) is 7.76. The van der Waals surface area contributed by atoms with Crippen LogP contribution in [0.15, 0.2) is 90.8 Å². The highest BCUT2D eigenvalue weighted by Crippen LogP contribution is 2.35. The molecule has 0 fully saturated rings. The zero-order valence-corrected chi connectivity index (χ0v) is 16.2. The van der Waals surface area contributed by atoms with Gasteiger partial charge in [-0.15, -0.1) is 0 Å². The van der Waals surface area contributed by atoms with E-state index >= 15 is 0 Å². The first-order valence-corrected chi connectivity index (χ1v) is 9.77. The van der Waals surface area contributed by atoms with Crippen LogP contribution in [0, 0.1) is 0 Å². The molecule has 4 aromatic rings. The maximum Gasteiger partial charge on any atom is 0.231 e. The van der Waals surface area contributed by atoms with Gasteiger partial charge in [-0.25, -0.2) is 0 Å². The van der Waals surface area contributed by atoms with Gasteiger partial charge >= 0.3 is 0 Å². The fourth-order valence-corrected chi connectivity index (χ4v) is 3.50. The molecule has 0 saturated carbocycles. The lowest BCUT2D eigenvalue weighted by Crippen LogP contribution is -1.97. The molecular formula is C26H19NO3. The van der Waals surface area contributed by atoms with Gasteiger partial charge in [-0.1, -0.05) is 54.6 Å². The summed E-state index contributed by atoms with van der Waals surface area (Å²) in [6, 6.07) is 23.3. The van der Waals surface area contributed by atoms with E-state index in [-0.39, 0.29) is 5.78 Å². The number of ketones is 1. The van der Waals surface area contributed by atoms with Gasteiger partial charge in [-0.3, -0.25) is 4.79 Å². The van der Waals surface area contributed by atoms with Crippen molar-refractivity contribution in [3.8, 4) is 11.5 Å². The van der Waals surface area contributed by atoms with E-state index in [1.165, 1.54) is 0 Å². The number of ether oxygens (including phenoxy) is 2. The van der Waals surface area contributed by atoms with Crippen molar-refractivity contribution >= 4 is 28.8 Å². The number of carbonyl (C=O) groups excluding carboxylic acids is 1. The van der Waals surface area contributed by atoms with Gasteiger partial charge in [0.05, 0.1) is 5.56 Å². The Balaban J connectivity index is 1.31. The fourth-order valence-electron chi connectivity index (χ4n) is 3.50. The Bertz CT molecular complexity index is 1280. The maximum absolute atomic E-state index is 12.7. The third-order valence-corrected chi connectivity index (χ3v) is 5.01. The molecule has 0 bridgehead atoms. The molecule has 146 valence electrons. The van der Waals surface area contributed by atoms with E-state index in [9.17, 15) is 4.79 Å².